The summed E-state index contributed by atoms with van der Waals surface area (Å²) in [6, 6.07) is 0.399. The second-order valence-electron chi connectivity index (χ2n) is 6.40. The molecule has 118 valence electrons. The van der Waals surface area contributed by atoms with Crippen LogP contribution in [-0.4, -0.2) is 39.5 Å². The topological polar surface area (TPSA) is 64.2 Å². The summed E-state index contributed by atoms with van der Waals surface area (Å²) in [5, 5.41) is 0. The minimum absolute atomic E-state index is 0.0818. The predicted molar refractivity (Wildman–Crippen MR) is 84.0 cm³/mol. The molecule has 1 heterocycles. The van der Waals surface area contributed by atoms with Gasteiger partial charge in [-0.05, 0) is 25.2 Å². The van der Waals surface area contributed by atoms with E-state index >= 15 is 0 Å². The Morgan fingerprint density at radius 1 is 1.48 bits per heavy atom. The van der Waals surface area contributed by atoms with Crippen LogP contribution in [0.1, 0.15) is 56.4 Å². The minimum Gasteiger partial charge on any atom is -0.335 e. The van der Waals surface area contributed by atoms with Crippen LogP contribution in [0.5, 0.6) is 0 Å². The van der Waals surface area contributed by atoms with E-state index in [2.05, 4.69) is 23.7 Å². The van der Waals surface area contributed by atoms with Gasteiger partial charge in [0.05, 0.1) is 6.33 Å². The van der Waals surface area contributed by atoms with E-state index in [-0.39, 0.29) is 5.91 Å². The Morgan fingerprint density at radius 3 is 2.81 bits per heavy atom. The van der Waals surface area contributed by atoms with Gasteiger partial charge in [0.2, 0.25) is 0 Å². The molecular weight excluding hydrogens is 264 g/mol. The van der Waals surface area contributed by atoms with Gasteiger partial charge in [-0.3, -0.25) is 4.79 Å². The first kappa shape index (κ1) is 16.0. The Kier molecular flexibility index (Phi) is 5.79. The van der Waals surface area contributed by atoms with E-state index in [1.54, 1.807) is 6.33 Å². The van der Waals surface area contributed by atoms with Gasteiger partial charge < -0.3 is 15.2 Å². The summed E-state index contributed by atoms with van der Waals surface area (Å²) in [7, 11) is 0. The monoisotopic (exact) mass is 292 g/mol. The van der Waals surface area contributed by atoms with E-state index in [1.807, 2.05) is 10.8 Å². The lowest BCUT2D eigenvalue weighted by molar-refractivity contribution is 0.0666. The van der Waals surface area contributed by atoms with Gasteiger partial charge in [0.1, 0.15) is 5.69 Å². The van der Waals surface area contributed by atoms with Crippen LogP contribution >= 0.6 is 0 Å². The third-order valence-electron chi connectivity index (χ3n) is 4.21. The van der Waals surface area contributed by atoms with E-state index in [0.29, 0.717) is 30.7 Å². The summed E-state index contributed by atoms with van der Waals surface area (Å²) >= 11 is 0. The summed E-state index contributed by atoms with van der Waals surface area (Å²) in [6.07, 6.45) is 9.31. The number of hydrogen-bond donors (Lipinski definition) is 1. The maximum absolute atomic E-state index is 12.8. The normalized spacial score (nSPS) is 15.8. The molecule has 1 fully saturated rings. The lowest BCUT2D eigenvalue weighted by Crippen LogP contribution is -2.40. The van der Waals surface area contributed by atoms with Gasteiger partial charge in [0, 0.05) is 31.9 Å². The number of imidazole rings is 1. The van der Waals surface area contributed by atoms with Crippen LogP contribution in [-0.2, 0) is 6.54 Å². The molecule has 0 radical (unpaired) electrons. The lowest BCUT2D eigenvalue weighted by Gasteiger charge is -2.29. The van der Waals surface area contributed by atoms with Crippen molar-refractivity contribution in [1.29, 1.82) is 0 Å². The van der Waals surface area contributed by atoms with Crippen molar-refractivity contribution in [3.05, 3.63) is 18.2 Å². The highest BCUT2D eigenvalue weighted by Gasteiger charge is 2.28. The van der Waals surface area contributed by atoms with Gasteiger partial charge in [-0.1, -0.05) is 26.7 Å². The first-order valence-corrected chi connectivity index (χ1v) is 8.14. The summed E-state index contributed by atoms with van der Waals surface area (Å²) < 4.78 is 1.89. The summed E-state index contributed by atoms with van der Waals surface area (Å²) in [6.45, 7) is 6.50. The fraction of sp³-hybridized carbons (Fsp3) is 0.750. The molecule has 1 aliphatic carbocycles. The Labute approximate surface area is 127 Å². The zero-order chi connectivity index (χ0) is 15.2. The molecule has 0 unspecified atom stereocenters. The first-order valence-electron chi connectivity index (χ1n) is 8.14. The van der Waals surface area contributed by atoms with Crippen molar-refractivity contribution in [3.63, 3.8) is 0 Å². The second-order valence-corrected chi connectivity index (χ2v) is 6.40. The largest absolute Gasteiger partial charge is 0.335 e. The van der Waals surface area contributed by atoms with Crippen LogP contribution < -0.4 is 5.73 Å². The van der Waals surface area contributed by atoms with Crippen molar-refractivity contribution in [1.82, 2.24) is 14.5 Å². The zero-order valence-electron chi connectivity index (χ0n) is 13.3. The molecule has 2 rings (SSSR count). The molecule has 1 aromatic heterocycles. The van der Waals surface area contributed by atoms with Gasteiger partial charge >= 0.3 is 0 Å². The smallest absolute Gasteiger partial charge is 0.274 e. The molecule has 0 bridgehead atoms. The van der Waals surface area contributed by atoms with E-state index in [4.69, 9.17) is 5.73 Å². The van der Waals surface area contributed by atoms with Crippen LogP contribution in [0.3, 0.4) is 0 Å². The van der Waals surface area contributed by atoms with E-state index in [0.717, 1.165) is 25.8 Å². The Hall–Kier alpha value is -1.36. The SMILES string of the molecule is CC(C)CCN(C(=O)c1cn(CCN)cn1)C1CCCC1. The molecule has 2 N–H and O–H groups in total. The zero-order valence-corrected chi connectivity index (χ0v) is 13.3. The van der Waals surface area contributed by atoms with Crippen LogP contribution in [0.15, 0.2) is 12.5 Å². The first-order chi connectivity index (χ1) is 10.1. The van der Waals surface area contributed by atoms with E-state index in [9.17, 15) is 4.79 Å². The Balaban J connectivity index is 2.07. The van der Waals surface area contributed by atoms with E-state index in [1.165, 1.54) is 12.8 Å². The van der Waals surface area contributed by atoms with Crippen molar-refractivity contribution < 1.29 is 4.79 Å². The molecular formula is C16H28N4O. The molecule has 1 amide bonds. The average molecular weight is 292 g/mol. The molecule has 5 heteroatoms. The van der Waals surface area contributed by atoms with Crippen molar-refractivity contribution in [2.45, 2.75) is 58.5 Å². The van der Waals surface area contributed by atoms with Gasteiger partial charge in [-0.2, -0.15) is 0 Å². The number of aromatic nitrogens is 2. The van der Waals surface area contributed by atoms with Crippen molar-refractivity contribution >= 4 is 5.91 Å². The molecule has 5 nitrogen and oxygen atoms in total. The van der Waals surface area contributed by atoms with Crippen LogP contribution in [0.4, 0.5) is 0 Å². The summed E-state index contributed by atoms with van der Waals surface area (Å²) in [4.78, 5) is 19.1. The highest BCUT2D eigenvalue weighted by Crippen LogP contribution is 2.25. The van der Waals surface area contributed by atoms with Crippen LogP contribution in [0.2, 0.25) is 0 Å². The third-order valence-corrected chi connectivity index (χ3v) is 4.21. The summed E-state index contributed by atoms with van der Waals surface area (Å²) in [5.74, 6) is 0.690. The molecule has 0 spiro atoms. The highest BCUT2D eigenvalue weighted by molar-refractivity contribution is 5.92. The predicted octanol–water partition coefficient (Wildman–Crippen LogP) is 2.27. The quantitative estimate of drug-likeness (QED) is 0.838. The molecule has 1 saturated carbocycles. The molecule has 0 atom stereocenters. The molecule has 0 saturated heterocycles. The lowest BCUT2D eigenvalue weighted by atomic mass is 10.1. The maximum atomic E-state index is 12.8. The van der Waals surface area contributed by atoms with Crippen molar-refractivity contribution in [3.8, 4) is 0 Å². The Morgan fingerprint density at radius 2 is 2.19 bits per heavy atom. The van der Waals surface area contributed by atoms with Crippen LogP contribution in [0.25, 0.3) is 0 Å². The fourth-order valence-corrected chi connectivity index (χ4v) is 2.95. The average Bonchev–Trinajstić information content (AvgIpc) is 3.10. The molecule has 21 heavy (non-hydrogen) atoms. The molecule has 1 aromatic rings. The number of carbonyl (C=O) groups excluding carboxylic acids is 1. The number of rotatable bonds is 7. The van der Waals surface area contributed by atoms with Gasteiger partial charge in [-0.25, -0.2) is 4.98 Å². The van der Waals surface area contributed by atoms with Crippen molar-refractivity contribution in [2.24, 2.45) is 11.7 Å². The Bertz CT molecular complexity index is 449. The fourth-order valence-electron chi connectivity index (χ4n) is 2.95. The van der Waals surface area contributed by atoms with Gasteiger partial charge in [0.25, 0.3) is 5.91 Å². The number of hydrogen-bond acceptors (Lipinski definition) is 3. The number of nitrogens with two attached hydrogens (primary N) is 1. The molecule has 0 aromatic carbocycles. The standard InChI is InChI=1S/C16H28N4O/c1-13(2)7-9-20(14-5-3-4-6-14)16(21)15-11-19(10-8-17)12-18-15/h11-14H,3-10,17H2,1-2H3. The molecule has 0 aliphatic heterocycles. The summed E-state index contributed by atoms with van der Waals surface area (Å²) in [5.41, 5.74) is 6.10. The number of amides is 1. The van der Waals surface area contributed by atoms with Gasteiger partial charge in [-0.15, -0.1) is 0 Å². The number of carbonyl (C=O) groups is 1. The molecule has 1 aliphatic rings. The highest BCUT2D eigenvalue weighted by atomic mass is 16.2. The minimum atomic E-state index is 0.0818. The van der Waals surface area contributed by atoms with E-state index < -0.39 is 0 Å². The van der Waals surface area contributed by atoms with Crippen molar-refractivity contribution in [2.75, 3.05) is 13.1 Å². The number of nitrogens with zero attached hydrogens (tertiary/aromatic N) is 3. The maximum Gasteiger partial charge on any atom is 0.274 e. The van der Waals surface area contributed by atoms with Gasteiger partial charge in [0.15, 0.2) is 0 Å². The second kappa shape index (κ2) is 7.59. The van der Waals surface area contributed by atoms with Crippen LogP contribution in [0, 0.1) is 5.92 Å². The third kappa shape index (κ3) is 4.30.